The second-order valence-corrected chi connectivity index (χ2v) is 4.95. The third-order valence-electron chi connectivity index (χ3n) is 2.46. The van der Waals surface area contributed by atoms with Crippen molar-refractivity contribution in [3.05, 3.63) is 50.0 Å². The van der Waals surface area contributed by atoms with Crippen molar-refractivity contribution < 1.29 is 5.11 Å². The zero-order valence-electron chi connectivity index (χ0n) is 9.35. The molecule has 2 aromatic rings. The molecule has 0 aliphatic carbocycles. The molecule has 0 atom stereocenters. The van der Waals surface area contributed by atoms with Gasteiger partial charge in [-0.05, 0) is 17.7 Å². The highest BCUT2D eigenvalue weighted by Gasteiger charge is 2.19. The van der Waals surface area contributed by atoms with Crippen LogP contribution in [0.5, 0.6) is 5.06 Å². The predicted octanol–water partition coefficient (Wildman–Crippen LogP) is 2.88. The predicted molar refractivity (Wildman–Crippen MR) is 72.1 cm³/mol. The van der Waals surface area contributed by atoms with Gasteiger partial charge in [0.1, 0.15) is 23.3 Å². The molecule has 0 radical (unpaired) electrons. The molecule has 19 heavy (non-hydrogen) atoms. The zero-order chi connectivity index (χ0) is 14.0. The molecule has 6 heteroatoms. The van der Waals surface area contributed by atoms with Gasteiger partial charge in [0.2, 0.25) is 0 Å². The van der Waals surface area contributed by atoms with E-state index in [1.807, 2.05) is 6.07 Å². The van der Waals surface area contributed by atoms with Crippen LogP contribution in [0.3, 0.4) is 0 Å². The lowest BCUT2D eigenvalue weighted by Gasteiger charge is -2.07. The molecule has 1 aromatic heterocycles. The molecular formula is C13H5ClN2O2S. The first-order valence-corrected chi connectivity index (χ1v) is 6.24. The SMILES string of the molecule is N#Cc1c(O)sc(=O)c(C#N)c1-c1ccc(Cl)cc1. The number of halogens is 1. The van der Waals surface area contributed by atoms with Gasteiger partial charge in [0.25, 0.3) is 4.74 Å². The van der Waals surface area contributed by atoms with Crippen LogP contribution in [0.2, 0.25) is 5.02 Å². The molecule has 0 saturated heterocycles. The summed E-state index contributed by atoms with van der Waals surface area (Å²) in [5.41, 5.74) is 0.394. The van der Waals surface area contributed by atoms with Crippen LogP contribution in [0.4, 0.5) is 0 Å². The van der Waals surface area contributed by atoms with E-state index < -0.39 is 9.81 Å². The maximum Gasteiger partial charge on any atom is 0.254 e. The fraction of sp³-hybridized carbons (Fsp3) is 0. The Kier molecular flexibility index (Phi) is 3.52. The summed E-state index contributed by atoms with van der Waals surface area (Å²) in [6.45, 7) is 0. The van der Waals surface area contributed by atoms with E-state index in [-0.39, 0.29) is 16.7 Å². The summed E-state index contributed by atoms with van der Waals surface area (Å²) in [7, 11) is 0. The highest BCUT2D eigenvalue weighted by atomic mass is 35.5. The van der Waals surface area contributed by atoms with E-state index >= 15 is 0 Å². The van der Waals surface area contributed by atoms with Gasteiger partial charge in [0.15, 0.2) is 5.06 Å². The number of aromatic hydroxyl groups is 1. The molecule has 0 amide bonds. The Morgan fingerprint density at radius 1 is 1.11 bits per heavy atom. The molecule has 0 bridgehead atoms. The number of hydrogen-bond donors (Lipinski definition) is 1. The minimum Gasteiger partial charge on any atom is -0.498 e. The maximum absolute atomic E-state index is 11.7. The quantitative estimate of drug-likeness (QED) is 0.874. The van der Waals surface area contributed by atoms with Gasteiger partial charge in [0.05, 0.1) is 0 Å². The Hall–Kier alpha value is -2.34. The Balaban J connectivity index is 2.89. The summed E-state index contributed by atoms with van der Waals surface area (Å²) in [6, 6.07) is 9.93. The van der Waals surface area contributed by atoms with Crippen LogP contribution < -0.4 is 4.74 Å². The van der Waals surface area contributed by atoms with Crippen molar-refractivity contribution in [3.63, 3.8) is 0 Å². The van der Waals surface area contributed by atoms with Crippen LogP contribution in [0.15, 0.2) is 29.1 Å². The summed E-state index contributed by atoms with van der Waals surface area (Å²) in [5.74, 6) is 0. The molecule has 0 saturated carbocycles. The van der Waals surface area contributed by atoms with Crippen LogP contribution in [-0.2, 0) is 0 Å². The molecule has 0 fully saturated rings. The normalized spacial score (nSPS) is 9.63. The lowest BCUT2D eigenvalue weighted by atomic mass is 9.99. The molecule has 92 valence electrons. The van der Waals surface area contributed by atoms with Crippen molar-refractivity contribution in [1.82, 2.24) is 0 Å². The molecule has 0 aliphatic rings. The molecule has 0 unspecified atom stereocenters. The Labute approximate surface area is 117 Å². The molecule has 1 N–H and O–H groups in total. The third kappa shape index (κ3) is 2.30. The van der Waals surface area contributed by atoms with Gasteiger partial charge in [-0.3, -0.25) is 4.79 Å². The summed E-state index contributed by atoms with van der Waals surface area (Å²) in [6.07, 6.45) is 0. The van der Waals surface area contributed by atoms with Crippen molar-refractivity contribution in [2.45, 2.75) is 0 Å². The van der Waals surface area contributed by atoms with Crippen molar-refractivity contribution in [2.24, 2.45) is 0 Å². The topological polar surface area (TPSA) is 84.9 Å². The Bertz CT molecular complexity index is 783. The third-order valence-corrected chi connectivity index (χ3v) is 3.50. The van der Waals surface area contributed by atoms with Crippen LogP contribution in [0, 0.1) is 22.7 Å². The van der Waals surface area contributed by atoms with Crippen molar-refractivity contribution in [3.8, 4) is 28.3 Å². The van der Waals surface area contributed by atoms with E-state index in [0.29, 0.717) is 21.9 Å². The first-order valence-electron chi connectivity index (χ1n) is 5.04. The summed E-state index contributed by atoms with van der Waals surface area (Å²) in [5, 5.41) is 27.9. The number of nitriles is 2. The molecule has 1 heterocycles. The largest absolute Gasteiger partial charge is 0.498 e. The maximum atomic E-state index is 11.7. The molecule has 0 aliphatic heterocycles. The average molecular weight is 289 g/mol. The number of nitrogens with zero attached hydrogens (tertiary/aromatic N) is 2. The van der Waals surface area contributed by atoms with Gasteiger partial charge in [-0.2, -0.15) is 10.5 Å². The van der Waals surface area contributed by atoms with E-state index in [9.17, 15) is 9.90 Å². The molecule has 0 spiro atoms. The van der Waals surface area contributed by atoms with Crippen molar-refractivity contribution >= 4 is 22.9 Å². The van der Waals surface area contributed by atoms with E-state index in [1.165, 1.54) is 0 Å². The van der Waals surface area contributed by atoms with Crippen molar-refractivity contribution in [2.75, 3.05) is 0 Å². The molecule has 4 nitrogen and oxygen atoms in total. The molecule has 1 aromatic carbocycles. The zero-order valence-corrected chi connectivity index (χ0v) is 10.9. The lowest BCUT2D eigenvalue weighted by Crippen LogP contribution is -2.04. The van der Waals surface area contributed by atoms with Crippen LogP contribution in [-0.4, -0.2) is 5.11 Å². The summed E-state index contributed by atoms with van der Waals surface area (Å²) >= 11 is 6.25. The van der Waals surface area contributed by atoms with E-state index in [1.54, 1.807) is 30.3 Å². The van der Waals surface area contributed by atoms with Gasteiger partial charge >= 0.3 is 0 Å². The second-order valence-electron chi connectivity index (χ2n) is 3.55. The summed E-state index contributed by atoms with van der Waals surface area (Å²) < 4.78 is -0.580. The molecule has 2 rings (SSSR count). The van der Waals surface area contributed by atoms with Crippen LogP contribution in [0.25, 0.3) is 11.1 Å². The minimum atomic E-state index is -0.580. The van der Waals surface area contributed by atoms with E-state index in [2.05, 4.69) is 0 Å². The monoisotopic (exact) mass is 288 g/mol. The van der Waals surface area contributed by atoms with E-state index in [4.69, 9.17) is 22.1 Å². The minimum absolute atomic E-state index is 0.0801. The highest BCUT2D eigenvalue weighted by Crippen LogP contribution is 2.33. The first kappa shape index (κ1) is 13.1. The Morgan fingerprint density at radius 3 is 2.21 bits per heavy atom. The lowest BCUT2D eigenvalue weighted by molar-refractivity contribution is 0.488. The first-order chi connectivity index (χ1) is 9.08. The number of rotatable bonds is 1. The van der Waals surface area contributed by atoms with Gasteiger partial charge in [-0.25, -0.2) is 0 Å². The van der Waals surface area contributed by atoms with Crippen LogP contribution >= 0.6 is 22.9 Å². The number of benzene rings is 1. The van der Waals surface area contributed by atoms with Gasteiger partial charge < -0.3 is 5.11 Å². The molecular weight excluding hydrogens is 284 g/mol. The number of hydrogen-bond acceptors (Lipinski definition) is 5. The fourth-order valence-corrected chi connectivity index (χ4v) is 2.44. The van der Waals surface area contributed by atoms with Gasteiger partial charge in [-0.15, -0.1) is 0 Å². The smallest absolute Gasteiger partial charge is 0.254 e. The van der Waals surface area contributed by atoms with Crippen LogP contribution in [0.1, 0.15) is 11.1 Å². The average Bonchev–Trinajstić information content (AvgIpc) is 2.39. The summed E-state index contributed by atoms with van der Waals surface area (Å²) in [4.78, 5) is 11.7. The second kappa shape index (κ2) is 5.11. The van der Waals surface area contributed by atoms with Crippen molar-refractivity contribution in [1.29, 1.82) is 10.5 Å². The van der Waals surface area contributed by atoms with Gasteiger partial charge in [-0.1, -0.05) is 35.1 Å². The fourth-order valence-electron chi connectivity index (χ4n) is 1.63. The van der Waals surface area contributed by atoms with Gasteiger partial charge in [0, 0.05) is 10.6 Å². The highest BCUT2D eigenvalue weighted by molar-refractivity contribution is 7.11. The van der Waals surface area contributed by atoms with E-state index in [0.717, 1.165) is 0 Å². The Morgan fingerprint density at radius 2 is 1.68 bits per heavy atom. The standard InChI is InChI=1S/C13H5ClN2O2S/c14-8-3-1-7(2-4-8)11-9(5-15)12(17)19-13(18)10(11)6-16/h1-4,17H.